The topological polar surface area (TPSA) is 66.8 Å². The Balaban J connectivity index is 2.15. The summed E-state index contributed by atoms with van der Waals surface area (Å²) in [6.45, 7) is 2.28. The highest BCUT2D eigenvalue weighted by Gasteiger charge is 2.04. The monoisotopic (exact) mass is 284 g/mol. The average molecular weight is 284 g/mol. The van der Waals surface area contributed by atoms with Gasteiger partial charge in [0.2, 0.25) is 0 Å². The van der Waals surface area contributed by atoms with Gasteiger partial charge in [0, 0.05) is 5.56 Å². The third-order valence-electron chi connectivity index (χ3n) is 2.86. The Kier molecular flexibility index (Phi) is 4.61. The van der Waals surface area contributed by atoms with Crippen LogP contribution in [0.15, 0.2) is 48.5 Å². The van der Waals surface area contributed by atoms with Crippen molar-refractivity contribution in [1.29, 1.82) is 0 Å². The molecule has 2 N–H and O–H groups in total. The van der Waals surface area contributed by atoms with E-state index < -0.39 is 0 Å². The molecule has 108 valence electrons. The van der Waals surface area contributed by atoms with Crippen LogP contribution in [0.2, 0.25) is 0 Å². The molecule has 0 aliphatic rings. The number of hydrogen-bond donors (Lipinski definition) is 2. The number of carbonyl (C=O) groups excluding carboxylic acids is 1. The maximum Gasteiger partial charge on any atom is 0.185 e. The molecule has 0 heterocycles. The van der Waals surface area contributed by atoms with Crippen molar-refractivity contribution < 1.29 is 19.7 Å². The van der Waals surface area contributed by atoms with Crippen LogP contribution in [0.5, 0.6) is 17.2 Å². The molecule has 2 rings (SSSR count). The molecule has 0 fully saturated rings. The Hall–Kier alpha value is -2.75. The maximum atomic E-state index is 12.0. The van der Waals surface area contributed by atoms with E-state index >= 15 is 0 Å². The summed E-state index contributed by atoms with van der Waals surface area (Å²) in [6.07, 6.45) is 3.09. The highest BCUT2D eigenvalue weighted by atomic mass is 16.5. The number of benzene rings is 2. The zero-order chi connectivity index (χ0) is 15.2. The molecule has 0 aliphatic heterocycles. The first-order valence-corrected chi connectivity index (χ1v) is 6.57. The van der Waals surface area contributed by atoms with Crippen molar-refractivity contribution in [2.75, 3.05) is 6.61 Å². The molecule has 4 heteroatoms. The fourth-order valence-electron chi connectivity index (χ4n) is 1.80. The highest BCUT2D eigenvalue weighted by molar-refractivity contribution is 6.06. The van der Waals surface area contributed by atoms with E-state index in [1.807, 2.05) is 6.92 Å². The molecular weight excluding hydrogens is 268 g/mol. The van der Waals surface area contributed by atoms with E-state index in [0.717, 1.165) is 5.56 Å². The first kappa shape index (κ1) is 14.7. The van der Waals surface area contributed by atoms with Gasteiger partial charge in [0.1, 0.15) is 5.75 Å². The molecule has 0 bridgehead atoms. The minimum atomic E-state index is -0.166. The number of phenolic OH excluding ortho intramolecular Hbond substituents is 2. The summed E-state index contributed by atoms with van der Waals surface area (Å²) in [5.41, 5.74) is 1.25. The van der Waals surface area contributed by atoms with E-state index in [1.165, 1.54) is 24.3 Å². The quantitative estimate of drug-likeness (QED) is 0.652. The summed E-state index contributed by atoms with van der Waals surface area (Å²) in [4.78, 5) is 12.0. The van der Waals surface area contributed by atoms with Crippen molar-refractivity contribution in [1.82, 2.24) is 0 Å². The Labute approximate surface area is 122 Å². The number of aromatic hydroxyl groups is 2. The summed E-state index contributed by atoms with van der Waals surface area (Å²) in [5, 5.41) is 18.8. The Morgan fingerprint density at radius 3 is 2.52 bits per heavy atom. The first-order valence-electron chi connectivity index (χ1n) is 6.57. The second-order valence-corrected chi connectivity index (χ2v) is 4.40. The molecule has 0 atom stereocenters. The lowest BCUT2D eigenvalue weighted by atomic mass is 10.1. The minimum absolute atomic E-state index is 0.0684. The first-order chi connectivity index (χ1) is 10.1. The lowest BCUT2D eigenvalue weighted by Gasteiger charge is -2.06. The number of ketones is 1. The summed E-state index contributed by atoms with van der Waals surface area (Å²) in [6, 6.07) is 10.9. The number of ether oxygens (including phenoxy) is 1. The van der Waals surface area contributed by atoms with Crippen LogP contribution in [0.4, 0.5) is 0 Å². The molecule has 0 radical (unpaired) electrons. The van der Waals surface area contributed by atoms with E-state index in [4.69, 9.17) is 4.74 Å². The lowest BCUT2D eigenvalue weighted by molar-refractivity contribution is 0.104. The van der Waals surface area contributed by atoms with Crippen LogP contribution in [0.25, 0.3) is 6.08 Å². The Morgan fingerprint density at radius 1 is 1.14 bits per heavy atom. The van der Waals surface area contributed by atoms with Gasteiger partial charge >= 0.3 is 0 Å². The van der Waals surface area contributed by atoms with Crippen molar-refractivity contribution in [2.45, 2.75) is 6.92 Å². The fourth-order valence-corrected chi connectivity index (χ4v) is 1.80. The van der Waals surface area contributed by atoms with Gasteiger partial charge in [-0.3, -0.25) is 4.79 Å². The number of phenols is 2. The molecule has 2 aromatic rings. The fraction of sp³-hybridized carbons (Fsp3) is 0.118. The average Bonchev–Trinajstić information content (AvgIpc) is 2.48. The van der Waals surface area contributed by atoms with Gasteiger partial charge in [-0.2, -0.15) is 0 Å². The van der Waals surface area contributed by atoms with E-state index in [1.54, 1.807) is 30.3 Å². The molecule has 0 saturated carbocycles. The Morgan fingerprint density at radius 2 is 1.86 bits per heavy atom. The van der Waals surface area contributed by atoms with Crippen LogP contribution in [0, 0.1) is 0 Å². The van der Waals surface area contributed by atoms with Gasteiger partial charge in [-0.15, -0.1) is 0 Å². The predicted octanol–water partition coefficient (Wildman–Crippen LogP) is 3.39. The van der Waals surface area contributed by atoms with Gasteiger partial charge < -0.3 is 14.9 Å². The van der Waals surface area contributed by atoms with Gasteiger partial charge in [0.15, 0.2) is 17.3 Å². The van der Waals surface area contributed by atoms with Crippen molar-refractivity contribution in [3.05, 3.63) is 59.7 Å². The van der Waals surface area contributed by atoms with E-state index in [-0.39, 0.29) is 17.3 Å². The molecular formula is C17H16O4. The van der Waals surface area contributed by atoms with Crippen LogP contribution < -0.4 is 4.74 Å². The number of hydrogen-bond acceptors (Lipinski definition) is 4. The standard InChI is InChI=1S/C17H16O4/c1-2-21-17-11-12(4-10-16(17)20)3-9-15(19)13-5-7-14(18)8-6-13/h3-11,18,20H,2H2,1H3. The van der Waals surface area contributed by atoms with Crippen molar-refractivity contribution in [3.8, 4) is 17.2 Å². The third kappa shape index (κ3) is 3.86. The lowest BCUT2D eigenvalue weighted by Crippen LogP contribution is -1.94. The third-order valence-corrected chi connectivity index (χ3v) is 2.86. The van der Waals surface area contributed by atoms with E-state index in [0.29, 0.717) is 17.9 Å². The van der Waals surface area contributed by atoms with Crippen molar-refractivity contribution in [3.63, 3.8) is 0 Å². The van der Waals surface area contributed by atoms with Crippen LogP contribution >= 0.6 is 0 Å². The van der Waals surface area contributed by atoms with E-state index in [2.05, 4.69) is 0 Å². The van der Waals surface area contributed by atoms with E-state index in [9.17, 15) is 15.0 Å². The van der Waals surface area contributed by atoms with Crippen molar-refractivity contribution >= 4 is 11.9 Å². The zero-order valence-electron chi connectivity index (χ0n) is 11.6. The van der Waals surface area contributed by atoms with Gasteiger partial charge in [0.25, 0.3) is 0 Å². The molecule has 0 aliphatic carbocycles. The van der Waals surface area contributed by atoms with Crippen LogP contribution in [-0.2, 0) is 0 Å². The number of rotatable bonds is 5. The largest absolute Gasteiger partial charge is 0.508 e. The smallest absolute Gasteiger partial charge is 0.185 e. The number of allylic oxidation sites excluding steroid dienone is 1. The summed E-state index contributed by atoms with van der Waals surface area (Å²) < 4.78 is 5.29. The van der Waals surface area contributed by atoms with Gasteiger partial charge in [0.05, 0.1) is 6.61 Å². The SMILES string of the molecule is CCOc1cc(C=CC(=O)c2ccc(O)cc2)ccc1O. The molecule has 21 heavy (non-hydrogen) atoms. The normalized spacial score (nSPS) is 10.7. The molecule has 0 spiro atoms. The second-order valence-electron chi connectivity index (χ2n) is 4.40. The highest BCUT2D eigenvalue weighted by Crippen LogP contribution is 2.27. The molecule has 2 aromatic carbocycles. The van der Waals surface area contributed by atoms with Crippen LogP contribution in [0.3, 0.4) is 0 Å². The molecule has 0 aromatic heterocycles. The van der Waals surface area contributed by atoms with Crippen LogP contribution in [0.1, 0.15) is 22.8 Å². The van der Waals surface area contributed by atoms with Gasteiger partial charge in [-0.1, -0.05) is 12.1 Å². The molecule has 4 nitrogen and oxygen atoms in total. The molecule has 0 amide bonds. The predicted molar refractivity (Wildman–Crippen MR) is 80.7 cm³/mol. The van der Waals surface area contributed by atoms with Gasteiger partial charge in [-0.25, -0.2) is 0 Å². The Bertz CT molecular complexity index is 657. The molecule has 0 saturated heterocycles. The second kappa shape index (κ2) is 6.61. The molecule has 0 unspecified atom stereocenters. The zero-order valence-corrected chi connectivity index (χ0v) is 11.6. The maximum absolute atomic E-state index is 12.0. The van der Waals surface area contributed by atoms with Gasteiger partial charge in [-0.05, 0) is 55.0 Å². The summed E-state index contributed by atoms with van der Waals surface area (Å²) in [5.74, 6) is 0.409. The summed E-state index contributed by atoms with van der Waals surface area (Å²) in [7, 11) is 0. The van der Waals surface area contributed by atoms with Crippen molar-refractivity contribution in [2.24, 2.45) is 0 Å². The van der Waals surface area contributed by atoms with Crippen LogP contribution in [-0.4, -0.2) is 22.6 Å². The number of carbonyl (C=O) groups is 1. The summed E-state index contributed by atoms with van der Waals surface area (Å²) >= 11 is 0. The minimum Gasteiger partial charge on any atom is -0.508 e.